The largest absolute Gasteiger partial charge is 0.292 e. The lowest BCUT2D eigenvalue weighted by Crippen LogP contribution is -2.33. The van der Waals surface area contributed by atoms with Crippen LogP contribution in [0.1, 0.15) is 33.4 Å². The zero-order valence-electron chi connectivity index (χ0n) is 14.9. The molecule has 0 amide bonds. The van der Waals surface area contributed by atoms with Crippen LogP contribution >= 0.6 is 0 Å². The molecule has 0 bridgehead atoms. The number of aromatic amines is 1. The third-order valence-corrected chi connectivity index (χ3v) is 4.47. The van der Waals surface area contributed by atoms with Gasteiger partial charge < -0.3 is 0 Å². The van der Waals surface area contributed by atoms with Gasteiger partial charge in [0.15, 0.2) is 0 Å². The van der Waals surface area contributed by atoms with Gasteiger partial charge in [-0.3, -0.25) is 0 Å². The minimum absolute atomic E-state index is 1.15. The van der Waals surface area contributed by atoms with E-state index in [1.807, 2.05) is 6.20 Å². The number of aromatic nitrogens is 2. The Bertz CT molecular complexity index is 767. The Morgan fingerprint density at radius 2 is 1.17 bits per heavy atom. The van der Waals surface area contributed by atoms with E-state index in [-0.39, 0.29) is 0 Å². The van der Waals surface area contributed by atoms with Gasteiger partial charge in [0.25, 0.3) is 5.82 Å². The number of hydrogen-bond donors (Lipinski definition) is 1. The predicted octanol–water partition coefficient (Wildman–Crippen LogP) is 4.81. The van der Waals surface area contributed by atoms with Gasteiger partial charge in [0.1, 0.15) is 18.1 Å². The summed E-state index contributed by atoms with van der Waals surface area (Å²) < 4.78 is 2.29. The third kappa shape index (κ3) is 2.70. The van der Waals surface area contributed by atoms with E-state index in [9.17, 15) is 0 Å². The molecule has 0 aliphatic carbocycles. The molecule has 3 rings (SSSR count). The van der Waals surface area contributed by atoms with Crippen molar-refractivity contribution < 1.29 is 4.57 Å². The lowest BCUT2D eigenvalue weighted by Gasteiger charge is -2.12. The maximum Gasteiger partial charge on any atom is 0.292 e. The second kappa shape index (κ2) is 5.69. The molecule has 0 spiro atoms. The number of H-pyrrole nitrogens is 1. The molecule has 2 nitrogen and oxygen atoms in total. The van der Waals surface area contributed by atoms with Gasteiger partial charge in [-0.1, -0.05) is 35.4 Å². The van der Waals surface area contributed by atoms with Crippen LogP contribution in [0.3, 0.4) is 0 Å². The van der Waals surface area contributed by atoms with Crippen LogP contribution in [-0.4, -0.2) is 4.98 Å². The van der Waals surface area contributed by atoms with Crippen LogP contribution < -0.4 is 4.57 Å². The minimum Gasteiger partial charge on any atom is -0.243 e. The Kier molecular flexibility index (Phi) is 3.85. The van der Waals surface area contributed by atoms with Crippen LogP contribution in [0, 0.1) is 41.5 Å². The molecule has 3 aromatic rings. The van der Waals surface area contributed by atoms with Crippen molar-refractivity contribution in [2.24, 2.45) is 0 Å². The average Bonchev–Trinajstić information content (AvgIpc) is 2.85. The summed E-state index contributed by atoms with van der Waals surface area (Å²) in [6, 6.07) is 9.01. The van der Waals surface area contributed by atoms with Gasteiger partial charge in [0, 0.05) is 0 Å². The standard InChI is InChI=1S/C21H24N2/c1-13-9-15(3)19(16(4)10-13)21-22-7-8-23(21)20-17(5)11-14(2)12-18(20)6/h7-12H,1-6H3/p+1. The Morgan fingerprint density at radius 1 is 0.696 bits per heavy atom. The highest BCUT2D eigenvalue weighted by atomic mass is 15.1. The van der Waals surface area contributed by atoms with Crippen molar-refractivity contribution in [1.29, 1.82) is 0 Å². The molecule has 0 aliphatic heterocycles. The maximum absolute atomic E-state index is 3.45. The average molecular weight is 305 g/mol. The summed E-state index contributed by atoms with van der Waals surface area (Å²) in [5, 5.41) is 0. The smallest absolute Gasteiger partial charge is 0.243 e. The maximum atomic E-state index is 3.45. The number of aryl methyl sites for hydroxylation is 6. The van der Waals surface area contributed by atoms with E-state index in [0.717, 1.165) is 5.82 Å². The zero-order valence-corrected chi connectivity index (χ0v) is 14.9. The fraction of sp³-hybridized carbons (Fsp3) is 0.286. The summed E-state index contributed by atoms with van der Waals surface area (Å²) >= 11 is 0. The first-order chi connectivity index (χ1) is 10.9. The Labute approximate surface area is 138 Å². The Balaban J connectivity index is 2.27. The molecule has 0 unspecified atom stereocenters. The van der Waals surface area contributed by atoms with Crippen LogP contribution in [0.2, 0.25) is 0 Å². The summed E-state index contributed by atoms with van der Waals surface area (Å²) in [4.78, 5) is 3.45. The first kappa shape index (κ1) is 15.5. The quantitative estimate of drug-likeness (QED) is 0.656. The topological polar surface area (TPSA) is 19.7 Å². The lowest BCUT2D eigenvalue weighted by atomic mass is 9.98. The molecule has 0 saturated heterocycles. The van der Waals surface area contributed by atoms with Crippen LogP contribution in [0.25, 0.3) is 17.1 Å². The van der Waals surface area contributed by atoms with E-state index < -0.39 is 0 Å². The fourth-order valence-corrected chi connectivity index (χ4v) is 3.82. The molecule has 118 valence electrons. The summed E-state index contributed by atoms with van der Waals surface area (Å²) in [6.45, 7) is 13.1. The number of nitrogens with zero attached hydrogens (tertiary/aromatic N) is 1. The molecule has 0 radical (unpaired) electrons. The summed E-state index contributed by atoms with van der Waals surface area (Å²) in [5.41, 5.74) is 10.4. The van der Waals surface area contributed by atoms with Gasteiger partial charge in [0.2, 0.25) is 0 Å². The Morgan fingerprint density at radius 3 is 1.70 bits per heavy atom. The number of benzene rings is 2. The lowest BCUT2D eigenvalue weighted by molar-refractivity contribution is -0.583. The molecule has 1 N–H and O–H groups in total. The normalized spacial score (nSPS) is 11.0. The molecule has 2 heteroatoms. The monoisotopic (exact) mass is 305 g/mol. The van der Waals surface area contributed by atoms with Crippen molar-refractivity contribution in [3.05, 3.63) is 70.0 Å². The van der Waals surface area contributed by atoms with E-state index >= 15 is 0 Å². The fourth-order valence-electron chi connectivity index (χ4n) is 3.82. The van der Waals surface area contributed by atoms with Crippen LogP contribution in [0.5, 0.6) is 0 Å². The van der Waals surface area contributed by atoms with Gasteiger partial charge in [-0.05, 0) is 63.8 Å². The first-order valence-corrected chi connectivity index (χ1v) is 8.14. The molecule has 0 saturated carbocycles. The predicted molar refractivity (Wildman–Crippen MR) is 96.2 cm³/mol. The van der Waals surface area contributed by atoms with Gasteiger partial charge in [-0.15, -0.1) is 0 Å². The van der Waals surface area contributed by atoms with E-state index in [2.05, 4.69) is 81.6 Å². The number of rotatable bonds is 2. The highest BCUT2D eigenvalue weighted by Gasteiger charge is 2.22. The molecule has 2 aromatic carbocycles. The summed E-state index contributed by atoms with van der Waals surface area (Å²) in [7, 11) is 0. The van der Waals surface area contributed by atoms with Crippen molar-refractivity contribution >= 4 is 0 Å². The molecular weight excluding hydrogens is 280 g/mol. The van der Waals surface area contributed by atoms with E-state index in [1.54, 1.807) is 0 Å². The van der Waals surface area contributed by atoms with Crippen molar-refractivity contribution in [2.45, 2.75) is 41.5 Å². The zero-order chi connectivity index (χ0) is 16.7. The molecule has 0 fully saturated rings. The minimum atomic E-state index is 1.15. The molecule has 0 atom stereocenters. The summed E-state index contributed by atoms with van der Waals surface area (Å²) in [6.07, 6.45) is 4.14. The molecule has 23 heavy (non-hydrogen) atoms. The van der Waals surface area contributed by atoms with Gasteiger partial charge in [-0.25, -0.2) is 4.98 Å². The van der Waals surface area contributed by atoms with E-state index in [4.69, 9.17) is 0 Å². The van der Waals surface area contributed by atoms with Crippen molar-refractivity contribution in [1.82, 2.24) is 4.98 Å². The second-order valence-electron chi connectivity index (χ2n) is 6.70. The van der Waals surface area contributed by atoms with Crippen molar-refractivity contribution in [3.63, 3.8) is 0 Å². The van der Waals surface area contributed by atoms with Gasteiger partial charge in [-0.2, -0.15) is 4.57 Å². The third-order valence-electron chi connectivity index (χ3n) is 4.47. The van der Waals surface area contributed by atoms with E-state index in [1.165, 1.54) is 44.6 Å². The van der Waals surface area contributed by atoms with Crippen molar-refractivity contribution in [3.8, 4) is 17.1 Å². The molecule has 1 heterocycles. The van der Waals surface area contributed by atoms with Gasteiger partial charge >= 0.3 is 0 Å². The highest BCUT2D eigenvalue weighted by molar-refractivity contribution is 5.64. The van der Waals surface area contributed by atoms with Crippen LogP contribution in [0.4, 0.5) is 0 Å². The number of imidazole rings is 1. The van der Waals surface area contributed by atoms with E-state index in [0.29, 0.717) is 0 Å². The first-order valence-electron chi connectivity index (χ1n) is 8.14. The van der Waals surface area contributed by atoms with Crippen LogP contribution in [0.15, 0.2) is 36.7 Å². The number of hydrogen-bond acceptors (Lipinski definition) is 0. The van der Waals surface area contributed by atoms with Crippen molar-refractivity contribution in [2.75, 3.05) is 0 Å². The number of nitrogens with one attached hydrogen (secondary N) is 1. The molecule has 0 aliphatic rings. The molecular formula is C21H25N2+. The van der Waals surface area contributed by atoms with Gasteiger partial charge in [0.05, 0.1) is 5.56 Å². The molecule has 1 aromatic heterocycles. The second-order valence-corrected chi connectivity index (χ2v) is 6.70. The summed E-state index contributed by atoms with van der Waals surface area (Å²) in [5.74, 6) is 1.15. The van der Waals surface area contributed by atoms with Crippen LogP contribution in [-0.2, 0) is 0 Å². The SMILES string of the molecule is Cc1cc(C)c(-c2[nH]cc[n+]2-c2c(C)cc(C)cc2C)c(C)c1. The highest BCUT2D eigenvalue weighted by Crippen LogP contribution is 2.27. The Hall–Kier alpha value is -2.35.